The van der Waals surface area contributed by atoms with Crippen LogP contribution in [0, 0.1) is 5.92 Å². The first-order valence-corrected chi connectivity index (χ1v) is 6.28. The summed E-state index contributed by atoms with van der Waals surface area (Å²) in [5, 5.41) is 9.89. The number of carboxylic acid groups (broad SMARTS) is 1. The summed E-state index contributed by atoms with van der Waals surface area (Å²) in [7, 11) is 0. The fourth-order valence-electron chi connectivity index (χ4n) is 1.71. The molecule has 0 aliphatic heterocycles. The van der Waals surface area contributed by atoms with Gasteiger partial charge in [0.05, 0.1) is 17.2 Å². The van der Waals surface area contributed by atoms with Crippen LogP contribution in [0.5, 0.6) is 5.88 Å². The van der Waals surface area contributed by atoms with Crippen molar-refractivity contribution in [2.45, 2.75) is 26.9 Å². The van der Waals surface area contributed by atoms with E-state index >= 15 is 0 Å². The number of benzene rings is 1. The van der Waals surface area contributed by atoms with E-state index in [0.717, 1.165) is 0 Å². The summed E-state index contributed by atoms with van der Waals surface area (Å²) in [6.07, 6.45) is -0.0182. The number of para-hydroxylation sites is 1. The van der Waals surface area contributed by atoms with Crippen LogP contribution in [0.25, 0.3) is 10.9 Å². The molecule has 0 bridgehead atoms. The van der Waals surface area contributed by atoms with Crippen LogP contribution >= 0.6 is 0 Å². The molecule has 1 unspecified atom stereocenters. The molecular weight excluding hydrogens is 242 g/mol. The van der Waals surface area contributed by atoms with Crippen LogP contribution in [0.4, 0.5) is 0 Å². The van der Waals surface area contributed by atoms with Crippen molar-refractivity contribution in [1.82, 2.24) is 4.98 Å². The van der Waals surface area contributed by atoms with E-state index < -0.39 is 5.97 Å². The number of carboxylic acids is 1. The van der Waals surface area contributed by atoms with Crippen molar-refractivity contribution >= 4 is 16.9 Å². The number of ether oxygens (including phenoxy) is 1. The molecule has 0 radical (unpaired) electrons. The van der Waals surface area contributed by atoms with Gasteiger partial charge in [0.2, 0.25) is 5.88 Å². The number of aromatic carboxylic acids is 1. The maximum absolute atomic E-state index is 11.3. The lowest BCUT2D eigenvalue weighted by atomic mass is 10.1. The molecule has 0 aliphatic carbocycles. The zero-order valence-corrected chi connectivity index (χ0v) is 11.3. The Bertz CT molecular complexity index is 607. The molecule has 1 atom stereocenters. The van der Waals surface area contributed by atoms with E-state index in [1.54, 1.807) is 18.2 Å². The third kappa shape index (κ3) is 2.84. The van der Waals surface area contributed by atoms with Crippen molar-refractivity contribution in [3.05, 3.63) is 35.9 Å². The van der Waals surface area contributed by atoms with E-state index in [9.17, 15) is 9.90 Å². The molecule has 19 heavy (non-hydrogen) atoms. The van der Waals surface area contributed by atoms with Gasteiger partial charge in [-0.1, -0.05) is 32.0 Å². The number of hydrogen-bond donors (Lipinski definition) is 1. The Hall–Kier alpha value is -2.10. The number of fused-ring (bicyclic) bond motifs is 1. The topological polar surface area (TPSA) is 59.4 Å². The summed E-state index contributed by atoms with van der Waals surface area (Å²) in [5.41, 5.74) is 0.852. The fraction of sp³-hybridized carbons (Fsp3) is 0.333. The highest BCUT2D eigenvalue weighted by Crippen LogP contribution is 2.23. The SMILES string of the molecule is CC(C)C(C)Oc1cc(C(=O)O)c2ccccc2n1. The zero-order chi connectivity index (χ0) is 14.0. The number of hydrogen-bond acceptors (Lipinski definition) is 3. The Kier molecular flexibility index (Phi) is 3.69. The van der Waals surface area contributed by atoms with E-state index in [4.69, 9.17) is 4.74 Å². The van der Waals surface area contributed by atoms with E-state index in [2.05, 4.69) is 4.98 Å². The van der Waals surface area contributed by atoms with E-state index in [1.165, 1.54) is 6.07 Å². The number of carbonyl (C=O) groups is 1. The predicted molar refractivity (Wildman–Crippen MR) is 73.6 cm³/mol. The number of pyridine rings is 1. The molecule has 4 nitrogen and oxygen atoms in total. The van der Waals surface area contributed by atoms with Gasteiger partial charge in [-0.2, -0.15) is 0 Å². The van der Waals surface area contributed by atoms with Gasteiger partial charge >= 0.3 is 5.97 Å². The van der Waals surface area contributed by atoms with Gasteiger partial charge in [-0.25, -0.2) is 9.78 Å². The Labute approximate surface area is 112 Å². The smallest absolute Gasteiger partial charge is 0.336 e. The molecule has 1 aromatic carbocycles. The van der Waals surface area contributed by atoms with Crippen LogP contribution in [0.15, 0.2) is 30.3 Å². The Morgan fingerprint density at radius 1 is 1.26 bits per heavy atom. The van der Waals surface area contributed by atoms with Crippen molar-refractivity contribution in [3.8, 4) is 5.88 Å². The third-order valence-corrected chi connectivity index (χ3v) is 3.17. The minimum absolute atomic E-state index is 0.0182. The summed E-state index contributed by atoms with van der Waals surface area (Å²) in [5.74, 6) is -0.278. The van der Waals surface area contributed by atoms with E-state index in [-0.39, 0.29) is 11.7 Å². The molecule has 1 heterocycles. The maximum Gasteiger partial charge on any atom is 0.336 e. The Balaban J connectivity index is 2.49. The molecule has 0 spiro atoms. The van der Waals surface area contributed by atoms with Crippen molar-refractivity contribution in [2.75, 3.05) is 0 Å². The van der Waals surface area contributed by atoms with Gasteiger partial charge in [0, 0.05) is 11.5 Å². The zero-order valence-electron chi connectivity index (χ0n) is 11.3. The molecule has 0 saturated heterocycles. The number of aromatic nitrogens is 1. The van der Waals surface area contributed by atoms with Crippen molar-refractivity contribution in [3.63, 3.8) is 0 Å². The van der Waals surface area contributed by atoms with E-state index in [1.807, 2.05) is 26.8 Å². The quantitative estimate of drug-likeness (QED) is 0.914. The standard InChI is InChI=1S/C15H17NO3/c1-9(2)10(3)19-14-8-12(15(17)18)11-6-4-5-7-13(11)16-14/h4-10H,1-3H3,(H,17,18). The monoisotopic (exact) mass is 259 g/mol. The molecule has 2 aromatic rings. The van der Waals surface area contributed by atoms with Gasteiger partial charge in [0.15, 0.2) is 0 Å². The molecule has 2 rings (SSSR count). The van der Waals surface area contributed by atoms with Gasteiger partial charge in [0.1, 0.15) is 0 Å². The number of nitrogens with zero attached hydrogens (tertiary/aromatic N) is 1. The highest BCUT2D eigenvalue weighted by molar-refractivity contribution is 6.02. The second-order valence-electron chi connectivity index (χ2n) is 4.90. The minimum Gasteiger partial charge on any atom is -0.478 e. The molecule has 0 amide bonds. The fourth-order valence-corrected chi connectivity index (χ4v) is 1.71. The van der Waals surface area contributed by atoms with Crippen LogP contribution < -0.4 is 4.74 Å². The van der Waals surface area contributed by atoms with Crippen molar-refractivity contribution < 1.29 is 14.6 Å². The van der Waals surface area contributed by atoms with Gasteiger partial charge in [-0.15, -0.1) is 0 Å². The minimum atomic E-state index is -0.972. The molecule has 1 aromatic heterocycles. The summed E-state index contributed by atoms with van der Waals surface area (Å²) < 4.78 is 5.70. The molecule has 0 saturated carbocycles. The lowest BCUT2D eigenvalue weighted by Gasteiger charge is -2.18. The molecule has 1 N–H and O–H groups in total. The van der Waals surface area contributed by atoms with Crippen molar-refractivity contribution in [1.29, 1.82) is 0 Å². The largest absolute Gasteiger partial charge is 0.478 e. The van der Waals surface area contributed by atoms with E-state index in [0.29, 0.717) is 22.7 Å². The normalized spacial score (nSPS) is 12.6. The average Bonchev–Trinajstić information content (AvgIpc) is 2.37. The van der Waals surface area contributed by atoms with Gasteiger partial charge < -0.3 is 9.84 Å². The summed E-state index contributed by atoms with van der Waals surface area (Å²) >= 11 is 0. The van der Waals surface area contributed by atoms with Gasteiger partial charge in [0.25, 0.3) is 0 Å². The van der Waals surface area contributed by atoms with Crippen LogP contribution in [0.3, 0.4) is 0 Å². The van der Waals surface area contributed by atoms with Crippen LogP contribution in [-0.4, -0.2) is 22.2 Å². The van der Waals surface area contributed by atoms with Crippen LogP contribution in [-0.2, 0) is 0 Å². The second kappa shape index (κ2) is 5.26. The van der Waals surface area contributed by atoms with Gasteiger partial charge in [-0.3, -0.25) is 0 Å². The third-order valence-electron chi connectivity index (χ3n) is 3.17. The van der Waals surface area contributed by atoms with Gasteiger partial charge in [-0.05, 0) is 18.9 Å². The van der Waals surface area contributed by atoms with Crippen LogP contribution in [0.1, 0.15) is 31.1 Å². The lowest BCUT2D eigenvalue weighted by molar-refractivity contribution is 0.0697. The molecule has 100 valence electrons. The summed E-state index contributed by atoms with van der Waals surface area (Å²) in [6.45, 7) is 6.04. The first-order valence-electron chi connectivity index (χ1n) is 6.28. The Morgan fingerprint density at radius 3 is 2.58 bits per heavy atom. The molecule has 4 heteroatoms. The first-order chi connectivity index (χ1) is 8.99. The summed E-state index contributed by atoms with van der Waals surface area (Å²) in [6, 6.07) is 8.66. The molecule has 0 fully saturated rings. The highest BCUT2D eigenvalue weighted by Gasteiger charge is 2.15. The second-order valence-corrected chi connectivity index (χ2v) is 4.90. The molecule has 0 aliphatic rings. The van der Waals surface area contributed by atoms with Crippen molar-refractivity contribution in [2.24, 2.45) is 5.92 Å². The summed E-state index contributed by atoms with van der Waals surface area (Å²) in [4.78, 5) is 15.7. The predicted octanol–water partition coefficient (Wildman–Crippen LogP) is 3.36. The maximum atomic E-state index is 11.3. The highest BCUT2D eigenvalue weighted by atomic mass is 16.5. The average molecular weight is 259 g/mol. The van der Waals surface area contributed by atoms with Crippen LogP contribution in [0.2, 0.25) is 0 Å². The first kappa shape index (κ1) is 13.3. The molecular formula is C15H17NO3. The Morgan fingerprint density at radius 2 is 1.95 bits per heavy atom. The number of rotatable bonds is 4. The lowest BCUT2D eigenvalue weighted by Crippen LogP contribution is -2.19.